The number of hydrogen-bond donors (Lipinski definition) is 2. The van der Waals surface area contributed by atoms with Crippen LogP contribution in [0.2, 0.25) is 0 Å². The Kier molecular flexibility index (Phi) is 7.72. The number of halogens is 3. The highest BCUT2D eigenvalue weighted by Gasteiger charge is 2.48. The average molecular weight is 438 g/mol. The van der Waals surface area contributed by atoms with Gasteiger partial charge in [-0.3, -0.25) is 4.79 Å². The Labute approximate surface area is 181 Å². The maximum Gasteiger partial charge on any atom is 0.256 e. The van der Waals surface area contributed by atoms with Crippen LogP contribution in [-0.2, 0) is 0 Å². The first-order chi connectivity index (χ1) is 14.5. The second-order valence-electron chi connectivity index (χ2n) is 7.80. The molecule has 8 heteroatoms. The van der Waals surface area contributed by atoms with E-state index < -0.39 is 34.6 Å². The van der Waals surface area contributed by atoms with Gasteiger partial charge in [0.1, 0.15) is 11.4 Å². The molecule has 31 heavy (non-hydrogen) atoms. The van der Waals surface area contributed by atoms with E-state index in [1.54, 1.807) is 13.0 Å². The summed E-state index contributed by atoms with van der Waals surface area (Å²) in [6.45, 7) is 7.65. The molecule has 170 valence electrons. The van der Waals surface area contributed by atoms with E-state index >= 15 is 0 Å². The van der Waals surface area contributed by atoms with Crippen molar-refractivity contribution in [1.29, 1.82) is 0 Å². The predicted octanol–water partition coefficient (Wildman–Crippen LogP) is 4.32. The lowest BCUT2D eigenvalue weighted by atomic mass is 9.85. The van der Waals surface area contributed by atoms with E-state index in [2.05, 4.69) is 5.32 Å². The van der Waals surface area contributed by atoms with Crippen molar-refractivity contribution >= 4 is 17.3 Å². The molecule has 1 saturated heterocycles. The third-order valence-corrected chi connectivity index (χ3v) is 5.48. The minimum absolute atomic E-state index is 0.0580. The van der Waals surface area contributed by atoms with Crippen molar-refractivity contribution in [2.75, 3.05) is 32.5 Å². The quantitative estimate of drug-likeness (QED) is 0.732. The monoisotopic (exact) mass is 437 g/mol. The number of carbonyl (C=O) groups is 1. The Bertz CT molecular complexity index is 944. The first-order valence-electron chi connectivity index (χ1n) is 10.2. The molecule has 1 amide bonds. The number of amides is 1. The van der Waals surface area contributed by atoms with Gasteiger partial charge in [-0.1, -0.05) is 19.9 Å². The molecule has 2 N–H and O–H groups in total. The van der Waals surface area contributed by atoms with E-state index in [4.69, 9.17) is 0 Å². The first kappa shape index (κ1) is 24.7. The van der Waals surface area contributed by atoms with Gasteiger partial charge in [0.15, 0.2) is 11.6 Å². The molecule has 1 heterocycles. The molecule has 0 aliphatic carbocycles. The Morgan fingerprint density at radius 2 is 1.74 bits per heavy atom. The molecule has 5 nitrogen and oxygen atoms in total. The molecular weight excluding hydrogens is 407 g/mol. The molecule has 1 aliphatic heterocycles. The van der Waals surface area contributed by atoms with Gasteiger partial charge in [0, 0.05) is 6.04 Å². The number of β-amino-alcohol motifs (C(OH)–C–C–N with tert-alkyl or cyclic N) is 1. The van der Waals surface area contributed by atoms with Crippen LogP contribution in [0.5, 0.6) is 0 Å². The molecule has 0 saturated carbocycles. The predicted molar refractivity (Wildman–Crippen MR) is 116 cm³/mol. The van der Waals surface area contributed by atoms with Crippen LogP contribution in [0.15, 0.2) is 30.3 Å². The average Bonchev–Trinajstić information content (AvgIpc) is 2.71. The number of nitrogens with zero attached hydrogens (tertiary/aromatic N) is 2. The Balaban J connectivity index is 0.00000166. The number of aliphatic hydroxyl groups is 1. The third kappa shape index (κ3) is 5.02. The number of likely N-dealkylation sites (N-methyl/N-ethyl adjacent to an activating group) is 1. The number of nitrogens with one attached hydrogen (secondary N) is 1. The number of rotatable bonds is 5. The van der Waals surface area contributed by atoms with Crippen LogP contribution in [-0.4, -0.2) is 59.6 Å². The topological polar surface area (TPSA) is 55.8 Å². The van der Waals surface area contributed by atoms with E-state index in [0.717, 1.165) is 12.1 Å². The van der Waals surface area contributed by atoms with Crippen LogP contribution in [0.4, 0.5) is 24.5 Å². The standard InChI is InChI=1S/C21H24F3N3O2.C2H6/c1-12-5-8-17(16(23)9-12)25-19-14(6-7-15(22)18(19)24)20(28)27-10-21(29,11-27)13(2)26(3)4;1-2/h5-9,13,25,29H,10-11H2,1-4H3;1-2H3. The van der Waals surface area contributed by atoms with Crippen molar-refractivity contribution in [1.82, 2.24) is 9.80 Å². The summed E-state index contributed by atoms with van der Waals surface area (Å²) in [6, 6.07) is 6.07. The zero-order valence-corrected chi connectivity index (χ0v) is 18.8. The summed E-state index contributed by atoms with van der Waals surface area (Å²) in [5, 5.41) is 13.2. The molecule has 1 fully saturated rings. The summed E-state index contributed by atoms with van der Waals surface area (Å²) < 4.78 is 42.5. The van der Waals surface area contributed by atoms with Crippen molar-refractivity contribution in [2.24, 2.45) is 0 Å². The van der Waals surface area contributed by atoms with Crippen LogP contribution in [0, 0.1) is 24.4 Å². The van der Waals surface area contributed by atoms with Gasteiger partial charge in [-0.2, -0.15) is 0 Å². The summed E-state index contributed by atoms with van der Waals surface area (Å²) in [5.41, 5.74) is -1.07. The number of anilines is 2. The van der Waals surface area contributed by atoms with Gasteiger partial charge in [-0.25, -0.2) is 13.2 Å². The number of hydrogen-bond acceptors (Lipinski definition) is 4. The second kappa shape index (κ2) is 9.70. The van der Waals surface area contributed by atoms with E-state index in [9.17, 15) is 23.1 Å². The lowest BCUT2D eigenvalue weighted by Gasteiger charge is -2.51. The van der Waals surface area contributed by atoms with E-state index in [0.29, 0.717) is 5.56 Å². The highest BCUT2D eigenvalue weighted by atomic mass is 19.2. The fourth-order valence-corrected chi connectivity index (χ4v) is 3.38. The van der Waals surface area contributed by atoms with Gasteiger partial charge in [-0.15, -0.1) is 0 Å². The molecule has 0 bridgehead atoms. The second-order valence-corrected chi connectivity index (χ2v) is 7.80. The molecule has 1 unspecified atom stereocenters. The summed E-state index contributed by atoms with van der Waals surface area (Å²) in [6.07, 6.45) is 0. The molecule has 0 aromatic heterocycles. The van der Waals surface area contributed by atoms with Crippen molar-refractivity contribution in [3.63, 3.8) is 0 Å². The highest BCUT2D eigenvalue weighted by molar-refractivity contribution is 6.01. The summed E-state index contributed by atoms with van der Waals surface area (Å²) >= 11 is 0. The van der Waals surface area contributed by atoms with Gasteiger partial charge in [-0.05, 0) is 57.8 Å². The third-order valence-electron chi connectivity index (χ3n) is 5.48. The lowest BCUT2D eigenvalue weighted by Crippen LogP contribution is -2.70. The number of carbonyl (C=O) groups excluding carboxylic acids is 1. The molecule has 0 spiro atoms. The smallest absolute Gasteiger partial charge is 0.256 e. The number of aryl methyl sites for hydroxylation is 1. The minimum Gasteiger partial charge on any atom is -0.385 e. The minimum atomic E-state index is -1.27. The first-order valence-corrected chi connectivity index (χ1v) is 10.2. The maximum atomic E-state index is 14.5. The van der Waals surface area contributed by atoms with Crippen LogP contribution in [0.3, 0.4) is 0 Å². The molecule has 2 aromatic rings. The summed E-state index contributed by atoms with van der Waals surface area (Å²) in [7, 11) is 3.64. The molecular formula is C23H30F3N3O2. The SMILES string of the molecule is CC.Cc1ccc(Nc2c(C(=O)N3CC(O)(C(C)N(C)C)C3)ccc(F)c2F)c(F)c1. The highest BCUT2D eigenvalue weighted by Crippen LogP contribution is 2.33. The zero-order valence-electron chi connectivity index (χ0n) is 18.8. The van der Waals surface area contributed by atoms with Gasteiger partial charge in [0.25, 0.3) is 5.91 Å². The van der Waals surface area contributed by atoms with Crippen molar-refractivity contribution in [2.45, 2.75) is 39.3 Å². The molecule has 2 aromatic carbocycles. The van der Waals surface area contributed by atoms with Gasteiger partial charge >= 0.3 is 0 Å². The summed E-state index contributed by atoms with van der Waals surface area (Å²) in [5.74, 6) is -3.65. The molecule has 0 radical (unpaired) electrons. The van der Waals surface area contributed by atoms with Crippen LogP contribution in [0.25, 0.3) is 0 Å². The Hall–Kier alpha value is -2.58. The molecule has 1 aliphatic rings. The molecule has 1 atom stereocenters. The zero-order chi connectivity index (χ0) is 23.5. The van der Waals surface area contributed by atoms with Crippen LogP contribution >= 0.6 is 0 Å². The van der Waals surface area contributed by atoms with Gasteiger partial charge in [0.05, 0.1) is 30.0 Å². The number of benzene rings is 2. The van der Waals surface area contributed by atoms with Crippen molar-refractivity contribution < 1.29 is 23.1 Å². The fraction of sp³-hybridized carbons (Fsp3) is 0.435. The normalized spacial score (nSPS) is 15.6. The van der Waals surface area contributed by atoms with E-state index in [1.807, 2.05) is 39.8 Å². The number of likely N-dealkylation sites (tertiary alicyclic amines) is 1. The van der Waals surface area contributed by atoms with Gasteiger partial charge < -0.3 is 20.2 Å². The van der Waals surface area contributed by atoms with Crippen LogP contribution in [0.1, 0.15) is 36.7 Å². The van der Waals surface area contributed by atoms with Crippen molar-refractivity contribution in [3.05, 3.63) is 58.9 Å². The molecule has 3 rings (SSSR count). The van der Waals surface area contributed by atoms with E-state index in [-0.39, 0.29) is 30.4 Å². The van der Waals surface area contributed by atoms with Crippen LogP contribution < -0.4 is 5.32 Å². The maximum absolute atomic E-state index is 14.5. The Morgan fingerprint density at radius 1 is 1.13 bits per heavy atom. The largest absolute Gasteiger partial charge is 0.385 e. The summed E-state index contributed by atoms with van der Waals surface area (Å²) in [4.78, 5) is 16.1. The fourth-order valence-electron chi connectivity index (χ4n) is 3.38. The van der Waals surface area contributed by atoms with E-state index in [1.165, 1.54) is 17.0 Å². The van der Waals surface area contributed by atoms with Gasteiger partial charge in [0.2, 0.25) is 0 Å². The Morgan fingerprint density at radius 3 is 2.29 bits per heavy atom. The lowest BCUT2D eigenvalue weighted by molar-refractivity contribution is -0.120. The van der Waals surface area contributed by atoms with Crippen molar-refractivity contribution in [3.8, 4) is 0 Å².